The Hall–Kier alpha value is -4.39. The number of hydrogen-bond donors (Lipinski definition) is 0. The van der Waals surface area contributed by atoms with Gasteiger partial charge in [-0.25, -0.2) is 14.6 Å². The molecule has 1 aliphatic heterocycles. The number of carbonyl (C=O) groups is 2. The third-order valence-corrected chi connectivity index (χ3v) is 4.94. The molecule has 0 saturated carbocycles. The molecule has 0 spiro atoms. The summed E-state index contributed by atoms with van der Waals surface area (Å²) in [5.74, 6) is 0.0836. The Kier molecular flexibility index (Phi) is 6.22. The molecule has 0 aromatic heterocycles. The number of rotatable bonds is 6. The summed E-state index contributed by atoms with van der Waals surface area (Å²) in [4.78, 5) is 29.2. The van der Waals surface area contributed by atoms with Gasteiger partial charge in [-0.3, -0.25) is 0 Å². The Morgan fingerprint density at radius 2 is 1.64 bits per heavy atom. The number of ether oxygens (including phenoxy) is 4. The molecule has 1 aliphatic rings. The summed E-state index contributed by atoms with van der Waals surface area (Å²) in [7, 11) is 2.94. The summed E-state index contributed by atoms with van der Waals surface area (Å²) >= 11 is 0. The highest BCUT2D eigenvalue weighted by Gasteiger charge is 2.24. The molecule has 0 N–H and O–H groups in total. The average molecular weight is 443 g/mol. The number of hydrogen-bond acceptors (Lipinski definition) is 7. The van der Waals surface area contributed by atoms with Crippen LogP contribution in [0.5, 0.6) is 17.2 Å². The van der Waals surface area contributed by atoms with Gasteiger partial charge < -0.3 is 18.9 Å². The molecule has 0 bridgehead atoms. The molecule has 33 heavy (non-hydrogen) atoms. The van der Waals surface area contributed by atoms with E-state index in [0.29, 0.717) is 28.2 Å². The summed E-state index contributed by atoms with van der Waals surface area (Å²) < 4.78 is 21.4. The second-order valence-electron chi connectivity index (χ2n) is 7.20. The number of benzene rings is 3. The number of cyclic esters (lactones) is 1. The van der Waals surface area contributed by atoms with Gasteiger partial charge in [0, 0.05) is 5.56 Å². The van der Waals surface area contributed by atoms with E-state index >= 15 is 0 Å². The van der Waals surface area contributed by atoms with E-state index in [2.05, 4.69) is 4.99 Å². The second kappa shape index (κ2) is 9.40. The Balaban J connectivity index is 1.58. The van der Waals surface area contributed by atoms with E-state index in [1.165, 1.54) is 14.2 Å². The normalized spacial score (nSPS) is 14.0. The van der Waals surface area contributed by atoms with Crippen LogP contribution in [0.25, 0.3) is 6.08 Å². The maximum Gasteiger partial charge on any atom is 0.363 e. The van der Waals surface area contributed by atoms with Crippen molar-refractivity contribution in [1.82, 2.24) is 0 Å². The zero-order valence-corrected chi connectivity index (χ0v) is 18.3. The lowest BCUT2D eigenvalue weighted by atomic mass is 10.1. The van der Waals surface area contributed by atoms with Gasteiger partial charge in [0.25, 0.3) is 0 Å². The molecule has 4 rings (SSSR count). The first-order valence-electron chi connectivity index (χ1n) is 10.1. The number of nitrogens with zero attached hydrogens (tertiary/aromatic N) is 1. The SMILES string of the molecule is COc1cc(C=C2N=C(c3ccc(C)cc3)OC2=O)ccc1OC(=O)c1ccccc1OC. The minimum Gasteiger partial charge on any atom is -0.496 e. The van der Waals surface area contributed by atoms with Gasteiger partial charge in [-0.1, -0.05) is 35.9 Å². The molecule has 0 atom stereocenters. The van der Waals surface area contributed by atoms with E-state index in [0.717, 1.165) is 5.56 Å². The standard InChI is InChI=1S/C26H21NO6/c1-16-8-11-18(12-9-16)24-27-20(26(29)33-24)14-17-10-13-22(23(15-17)31-3)32-25(28)19-6-4-5-7-21(19)30-2/h4-15H,1-3H3. The molecule has 0 radical (unpaired) electrons. The third kappa shape index (κ3) is 4.77. The van der Waals surface area contributed by atoms with Crippen LogP contribution in [-0.2, 0) is 9.53 Å². The van der Waals surface area contributed by atoms with Crippen molar-refractivity contribution in [2.45, 2.75) is 6.92 Å². The molecule has 0 unspecified atom stereocenters. The predicted molar refractivity (Wildman–Crippen MR) is 123 cm³/mol. The van der Waals surface area contributed by atoms with Crippen LogP contribution in [0.15, 0.2) is 77.4 Å². The number of carbonyl (C=O) groups excluding carboxylic acids is 2. The van der Waals surface area contributed by atoms with Gasteiger partial charge in [0.15, 0.2) is 17.2 Å². The van der Waals surface area contributed by atoms with Crippen molar-refractivity contribution in [3.05, 3.63) is 94.7 Å². The third-order valence-electron chi connectivity index (χ3n) is 4.94. The fraction of sp³-hybridized carbons (Fsp3) is 0.115. The summed E-state index contributed by atoms with van der Waals surface area (Å²) in [6.45, 7) is 1.97. The van der Waals surface area contributed by atoms with Crippen molar-refractivity contribution >= 4 is 23.9 Å². The molecule has 3 aromatic carbocycles. The molecule has 1 heterocycles. The number of aliphatic imine (C=N–C) groups is 1. The van der Waals surface area contributed by atoms with Crippen LogP contribution in [0.3, 0.4) is 0 Å². The van der Waals surface area contributed by atoms with Crippen LogP contribution < -0.4 is 14.2 Å². The molecule has 7 nitrogen and oxygen atoms in total. The van der Waals surface area contributed by atoms with E-state index in [1.54, 1.807) is 48.5 Å². The smallest absolute Gasteiger partial charge is 0.363 e. The van der Waals surface area contributed by atoms with Crippen LogP contribution in [0, 0.1) is 6.92 Å². The topological polar surface area (TPSA) is 83.4 Å². The van der Waals surface area contributed by atoms with E-state index in [-0.39, 0.29) is 17.3 Å². The predicted octanol–water partition coefficient (Wildman–Crippen LogP) is 4.58. The van der Waals surface area contributed by atoms with Gasteiger partial charge in [0.05, 0.1) is 14.2 Å². The van der Waals surface area contributed by atoms with Gasteiger partial charge in [-0.2, -0.15) is 0 Å². The molecule has 0 fully saturated rings. The quantitative estimate of drug-likeness (QED) is 0.315. The minimum absolute atomic E-state index is 0.159. The van der Waals surface area contributed by atoms with Crippen molar-refractivity contribution in [1.29, 1.82) is 0 Å². The van der Waals surface area contributed by atoms with Crippen LogP contribution >= 0.6 is 0 Å². The largest absolute Gasteiger partial charge is 0.496 e. The fourth-order valence-electron chi connectivity index (χ4n) is 3.21. The highest BCUT2D eigenvalue weighted by atomic mass is 16.6. The van der Waals surface area contributed by atoms with E-state index in [1.807, 2.05) is 31.2 Å². The van der Waals surface area contributed by atoms with Crippen LogP contribution in [0.4, 0.5) is 0 Å². The summed E-state index contributed by atoms with van der Waals surface area (Å²) in [6, 6.07) is 19.2. The molecular formula is C26H21NO6. The van der Waals surface area contributed by atoms with Gasteiger partial charge in [0.1, 0.15) is 11.3 Å². The average Bonchev–Trinajstić information content (AvgIpc) is 3.20. The monoisotopic (exact) mass is 443 g/mol. The zero-order valence-electron chi connectivity index (χ0n) is 18.3. The molecular weight excluding hydrogens is 422 g/mol. The lowest BCUT2D eigenvalue weighted by molar-refractivity contribution is -0.129. The van der Waals surface area contributed by atoms with Crippen LogP contribution in [0.1, 0.15) is 27.0 Å². The number of methoxy groups -OCH3 is 2. The first-order chi connectivity index (χ1) is 16.0. The van der Waals surface area contributed by atoms with Gasteiger partial charge in [-0.05, 0) is 55.0 Å². The molecule has 166 valence electrons. The maximum atomic E-state index is 12.6. The maximum absolute atomic E-state index is 12.6. The highest BCUT2D eigenvalue weighted by molar-refractivity contribution is 6.12. The molecule has 0 saturated heterocycles. The summed E-state index contributed by atoms with van der Waals surface area (Å²) in [5.41, 5.74) is 2.89. The van der Waals surface area contributed by atoms with Crippen molar-refractivity contribution in [3.63, 3.8) is 0 Å². The van der Waals surface area contributed by atoms with Crippen molar-refractivity contribution in [3.8, 4) is 17.2 Å². The Morgan fingerprint density at radius 1 is 0.909 bits per heavy atom. The van der Waals surface area contributed by atoms with E-state index in [9.17, 15) is 9.59 Å². The van der Waals surface area contributed by atoms with Gasteiger partial charge in [0.2, 0.25) is 5.90 Å². The second-order valence-corrected chi connectivity index (χ2v) is 7.20. The lowest BCUT2D eigenvalue weighted by Gasteiger charge is -2.11. The van der Waals surface area contributed by atoms with Gasteiger partial charge in [-0.15, -0.1) is 0 Å². The number of esters is 2. The summed E-state index contributed by atoms with van der Waals surface area (Å²) in [6.07, 6.45) is 1.58. The first-order valence-corrected chi connectivity index (χ1v) is 10.1. The Labute approximate surface area is 190 Å². The number of para-hydroxylation sites is 1. The lowest BCUT2D eigenvalue weighted by Crippen LogP contribution is -2.10. The molecule has 7 heteroatoms. The molecule has 0 aliphatic carbocycles. The van der Waals surface area contributed by atoms with Crippen LogP contribution in [-0.4, -0.2) is 32.1 Å². The zero-order chi connectivity index (χ0) is 23.4. The Morgan fingerprint density at radius 3 is 2.36 bits per heavy atom. The van der Waals surface area contributed by atoms with Crippen molar-refractivity contribution in [2.75, 3.05) is 14.2 Å². The van der Waals surface area contributed by atoms with Crippen LogP contribution in [0.2, 0.25) is 0 Å². The fourth-order valence-corrected chi connectivity index (χ4v) is 3.21. The van der Waals surface area contributed by atoms with Crippen molar-refractivity contribution < 1.29 is 28.5 Å². The highest BCUT2D eigenvalue weighted by Crippen LogP contribution is 2.31. The first kappa shape index (κ1) is 21.8. The van der Waals surface area contributed by atoms with Crippen molar-refractivity contribution in [2.24, 2.45) is 4.99 Å². The van der Waals surface area contributed by atoms with E-state index in [4.69, 9.17) is 18.9 Å². The Bertz CT molecular complexity index is 1270. The minimum atomic E-state index is -0.580. The molecule has 3 aromatic rings. The number of aryl methyl sites for hydroxylation is 1. The van der Waals surface area contributed by atoms with E-state index < -0.39 is 11.9 Å². The summed E-state index contributed by atoms with van der Waals surface area (Å²) in [5, 5.41) is 0. The molecule has 0 amide bonds. The van der Waals surface area contributed by atoms with Gasteiger partial charge >= 0.3 is 11.9 Å².